The Labute approximate surface area is 114 Å². The summed E-state index contributed by atoms with van der Waals surface area (Å²) < 4.78 is 31.8. The van der Waals surface area contributed by atoms with Crippen molar-refractivity contribution in [2.45, 2.75) is 18.4 Å². The van der Waals surface area contributed by atoms with E-state index in [2.05, 4.69) is 10.2 Å². The fraction of sp³-hybridized carbons (Fsp3) is 0.385. The lowest BCUT2D eigenvalue weighted by molar-refractivity contribution is -0.0623. The molecule has 2 N–H and O–H groups in total. The molecule has 0 bridgehead atoms. The second-order valence-corrected chi connectivity index (χ2v) is 5.01. The molecule has 1 fully saturated rings. The van der Waals surface area contributed by atoms with Crippen molar-refractivity contribution < 1.29 is 13.5 Å². The number of hydrogen-bond donors (Lipinski definition) is 1. The van der Waals surface area contributed by atoms with Crippen LogP contribution < -0.4 is 5.73 Å². The molecule has 106 valence electrons. The third-order valence-electron chi connectivity index (χ3n) is 3.61. The summed E-state index contributed by atoms with van der Waals surface area (Å²) in [4.78, 5) is 0. The van der Waals surface area contributed by atoms with E-state index in [0.29, 0.717) is 25.3 Å². The predicted molar refractivity (Wildman–Crippen MR) is 68.3 cm³/mol. The number of hydrogen-bond acceptors (Lipinski definition) is 4. The van der Waals surface area contributed by atoms with Crippen LogP contribution in [0.4, 0.5) is 14.5 Å². The molecule has 0 saturated carbocycles. The Morgan fingerprint density at radius 1 is 1.40 bits per heavy atom. The quantitative estimate of drug-likeness (QED) is 0.867. The van der Waals surface area contributed by atoms with Gasteiger partial charge in [0.1, 0.15) is 12.2 Å². The van der Waals surface area contributed by atoms with Gasteiger partial charge in [0.25, 0.3) is 0 Å². The molecule has 1 aromatic heterocycles. The van der Waals surface area contributed by atoms with Gasteiger partial charge in [-0.2, -0.15) is 8.78 Å². The molecule has 0 unspecified atom stereocenters. The molecule has 0 spiro atoms. The number of rotatable bonds is 4. The van der Waals surface area contributed by atoms with E-state index in [1.807, 2.05) is 18.2 Å². The molecule has 20 heavy (non-hydrogen) atoms. The summed E-state index contributed by atoms with van der Waals surface area (Å²) in [6, 6.07) is 7.43. The van der Waals surface area contributed by atoms with Crippen LogP contribution in [-0.2, 0) is 16.6 Å². The summed E-state index contributed by atoms with van der Waals surface area (Å²) in [5.41, 5.74) is 7.06. The smallest absolute Gasteiger partial charge is 0.321 e. The van der Waals surface area contributed by atoms with Crippen LogP contribution in [0, 0.1) is 0 Å². The Morgan fingerprint density at radius 3 is 2.80 bits per heavy atom. The van der Waals surface area contributed by atoms with Gasteiger partial charge in [0.2, 0.25) is 0 Å². The van der Waals surface area contributed by atoms with Crippen LogP contribution in [0.2, 0.25) is 0 Å². The number of nitrogens with two attached hydrogens (primary N) is 1. The van der Waals surface area contributed by atoms with Gasteiger partial charge in [-0.25, -0.2) is 0 Å². The molecule has 2 heterocycles. The highest BCUT2D eigenvalue weighted by Crippen LogP contribution is 2.36. The van der Waals surface area contributed by atoms with Gasteiger partial charge in [-0.15, -0.1) is 10.2 Å². The van der Waals surface area contributed by atoms with Gasteiger partial charge in [-0.05, 0) is 17.7 Å². The average Bonchev–Trinajstić information content (AvgIpc) is 2.82. The fourth-order valence-electron chi connectivity index (χ4n) is 2.45. The predicted octanol–water partition coefficient (Wildman–Crippen LogP) is 1.77. The second-order valence-electron chi connectivity index (χ2n) is 5.01. The molecule has 1 aromatic carbocycles. The van der Waals surface area contributed by atoms with Crippen LogP contribution in [0.3, 0.4) is 0 Å². The summed E-state index contributed by atoms with van der Waals surface area (Å²) in [6.07, 6.45) is 1.40. The number of halogens is 2. The summed E-state index contributed by atoms with van der Waals surface area (Å²) in [5, 5.41) is 7.36. The van der Waals surface area contributed by atoms with Crippen molar-refractivity contribution >= 4 is 5.69 Å². The Kier molecular flexibility index (Phi) is 3.13. The van der Waals surface area contributed by atoms with E-state index in [-0.39, 0.29) is 11.2 Å². The molecule has 0 amide bonds. The molecule has 7 heteroatoms. The van der Waals surface area contributed by atoms with Crippen LogP contribution >= 0.6 is 0 Å². The molecule has 0 atom stereocenters. The van der Waals surface area contributed by atoms with Gasteiger partial charge in [-0.3, -0.25) is 4.57 Å². The van der Waals surface area contributed by atoms with Crippen LogP contribution in [0.25, 0.3) is 0 Å². The largest absolute Gasteiger partial charge is 0.399 e. The maximum absolute atomic E-state index is 12.9. The van der Waals surface area contributed by atoms with Crippen molar-refractivity contribution in [1.29, 1.82) is 0 Å². The zero-order chi connectivity index (χ0) is 14.2. The minimum absolute atomic E-state index is 0.255. The molecular formula is C13H14F2N4O. The summed E-state index contributed by atoms with van der Waals surface area (Å²) in [7, 11) is 0. The number of alkyl halides is 2. The molecule has 1 aliphatic rings. The Bertz CT molecular complexity index is 610. The zero-order valence-corrected chi connectivity index (χ0v) is 10.7. The topological polar surface area (TPSA) is 66.0 Å². The number of aromatic nitrogens is 3. The lowest BCUT2D eigenvalue weighted by Crippen LogP contribution is -2.49. The lowest BCUT2D eigenvalue weighted by Gasteiger charge is -2.41. The number of ether oxygens (including phenoxy) is 1. The summed E-state index contributed by atoms with van der Waals surface area (Å²) in [5.74, 6) is 0.255. The first-order valence-electron chi connectivity index (χ1n) is 6.21. The molecule has 3 rings (SSSR count). The Morgan fingerprint density at radius 2 is 2.20 bits per heavy atom. The molecule has 0 radical (unpaired) electrons. The number of nitrogen functional groups attached to an aromatic ring is 1. The minimum Gasteiger partial charge on any atom is -0.399 e. The van der Waals surface area contributed by atoms with Crippen molar-refractivity contribution in [3.8, 4) is 0 Å². The van der Waals surface area contributed by atoms with Crippen molar-refractivity contribution in [3.05, 3.63) is 42.0 Å². The maximum atomic E-state index is 12.9. The van der Waals surface area contributed by atoms with Crippen LogP contribution in [0.1, 0.15) is 17.9 Å². The Balaban J connectivity index is 1.92. The lowest BCUT2D eigenvalue weighted by atomic mass is 9.75. The third-order valence-corrected chi connectivity index (χ3v) is 3.61. The minimum atomic E-state index is -2.64. The maximum Gasteiger partial charge on any atom is 0.321 e. The van der Waals surface area contributed by atoms with Gasteiger partial charge in [0.15, 0.2) is 0 Å². The standard InChI is InChI=1S/C13H14F2N4O/c14-12(15)19-8-17-18-11(19)5-13(6-20-7-13)9-2-1-3-10(16)4-9/h1-4,8,12H,5-7,16H2. The van der Waals surface area contributed by atoms with E-state index in [4.69, 9.17) is 10.5 Å². The van der Waals surface area contributed by atoms with Crippen molar-refractivity contribution in [2.24, 2.45) is 0 Å². The normalized spacial score (nSPS) is 17.1. The number of benzene rings is 1. The number of anilines is 1. The van der Waals surface area contributed by atoms with Gasteiger partial charge in [0, 0.05) is 17.5 Å². The van der Waals surface area contributed by atoms with E-state index >= 15 is 0 Å². The van der Waals surface area contributed by atoms with Gasteiger partial charge in [0.05, 0.1) is 13.2 Å². The highest BCUT2D eigenvalue weighted by molar-refractivity contribution is 5.44. The summed E-state index contributed by atoms with van der Waals surface area (Å²) in [6.45, 7) is -1.71. The SMILES string of the molecule is Nc1cccc(C2(Cc3nncn3C(F)F)COC2)c1. The van der Waals surface area contributed by atoms with Crippen molar-refractivity contribution in [3.63, 3.8) is 0 Å². The zero-order valence-electron chi connectivity index (χ0n) is 10.7. The first-order chi connectivity index (χ1) is 9.61. The van der Waals surface area contributed by atoms with E-state index < -0.39 is 6.55 Å². The second kappa shape index (κ2) is 4.82. The molecule has 5 nitrogen and oxygen atoms in total. The Hall–Kier alpha value is -2.02. The monoisotopic (exact) mass is 280 g/mol. The van der Waals surface area contributed by atoms with Crippen LogP contribution in [0.5, 0.6) is 0 Å². The van der Waals surface area contributed by atoms with E-state index in [9.17, 15) is 8.78 Å². The summed E-state index contributed by atoms with van der Waals surface area (Å²) >= 11 is 0. The van der Waals surface area contributed by atoms with Crippen LogP contribution in [0.15, 0.2) is 30.6 Å². The van der Waals surface area contributed by atoms with E-state index in [0.717, 1.165) is 16.5 Å². The van der Waals surface area contributed by atoms with Gasteiger partial charge >= 0.3 is 6.55 Å². The fourth-order valence-corrected chi connectivity index (χ4v) is 2.45. The van der Waals surface area contributed by atoms with Crippen molar-refractivity contribution in [2.75, 3.05) is 18.9 Å². The first kappa shape index (κ1) is 13.0. The highest BCUT2D eigenvalue weighted by atomic mass is 19.3. The molecular weight excluding hydrogens is 266 g/mol. The highest BCUT2D eigenvalue weighted by Gasteiger charge is 2.42. The number of nitrogens with zero attached hydrogens (tertiary/aromatic N) is 3. The van der Waals surface area contributed by atoms with E-state index in [1.165, 1.54) is 0 Å². The first-order valence-corrected chi connectivity index (χ1v) is 6.21. The molecule has 1 saturated heterocycles. The van der Waals surface area contributed by atoms with Crippen molar-refractivity contribution in [1.82, 2.24) is 14.8 Å². The molecule has 1 aliphatic heterocycles. The van der Waals surface area contributed by atoms with E-state index in [1.54, 1.807) is 6.07 Å². The average molecular weight is 280 g/mol. The van der Waals surface area contributed by atoms with Crippen LogP contribution in [-0.4, -0.2) is 28.0 Å². The third kappa shape index (κ3) is 2.14. The molecule has 0 aliphatic carbocycles. The van der Waals surface area contributed by atoms with Gasteiger partial charge < -0.3 is 10.5 Å². The van der Waals surface area contributed by atoms with Gasteiger partial charge in [-0.1, -0.05) is 12.1 Å². The molecule has 2 aromatic rings.